The number of rotatable bonds is 13. The van der Waals surface area contributed by atoms with E-state index in [4.69, 9.17) is 5.11 Å². The summed E-state index contributed by atoms with van der Waals surface area (Å²) in [6.45, 7) is 6.08. The number of carboxylic acids is 1. The summed E-state index contributed by atoms with van der Waals surface area (Å²) in [5, 5.41) is 29.4. The third-order valence-electron chi connectivity index (χ3n) is 5.77. The fourth-order valence-corrected chi connectivity index (χ4v) is 3.71. The average molecular weight is 397 g/mol. The number of aliphatic carboxylic acids is 1. The summed E-state index contributed by atoms with van der Waals surface area (Å²) in [6.07, 6.45) is 6.07. The zero-order valence-electron chi connectivity index (χ0n) is 17.4. The van der Waals surface area contributed by atoms with E-state index in [1.165, 1.54) is 0 Å². The van der Waals surface area contributed by atoms with Gasteiger partial charge in [0.15, 0.2) is 0 Å². The Hall–Kier alpha value is -1.53. The van der Waals surface area contributed by atoms with Gasteiger partial charge >= 0.3 is 5.97 Å². The molecule has 1 rings (SSSR count). The molecule has 1 saturated carbocycles. The van der Waals surface area contributed by atoms with Crippen molar-refractivity contribution in [1.29, 1.82) is 0 Å². The maximum atomic E-state index is 12.2. The van der Waals surface area contributed by atoms with Crippen LogP contribution in [0.25, 0.3) is 0 Å². The van der Waals surface area contributed by atoms with Gasteiger partial charge in [0.2, 0.25) is 0 Å². The molecule has 4 atom stereocenters. The summed E-state index contributed by atoms with van der Waals surface area (Å²) in [4.78, 5) is 35.0. The highest BCUT2D eigenvalue weighted by Crippen LogP contribution is 2.35. The standard InChI is InChI=1S/C22H36O6/c1-4-5-12-22(2,3)20(26)11-10-16-17(19(25)14-18(16)24)13-15(23)8-6-7-9-21(27)28/h10-11,16-18,20,24,26H,4-9,12-14H2,1-3H3,(H,27,28)/b11-10-/t16-,17-,18-,20-/m1/s1. The van der Waals surface area contributed by atoms with Crippen LogP contribution in [0.4, 0.5) is 0 Å². The molecule has 0 spiro atoms. The average Bonchev–Trinajstić information content (AvgIpc) is 2.87. The molecule has 1 aliphatic rings. The Kier molecular flexibility index (Phi) is 10.0. The lowest BCUT2D eigenvalue weighted by atomic mass is 9.80. The second kappa shape index (κ2) is 11.5. The quantitative estimate of drug-likeness (QED) is 0.325. The summed E-state index contributed by atoms with van der Waals surface area (Å²) in [5.41, 5.74) is -0.296. The molecule has 0 aromatic carbocycles. The number of aliphatic hydroxyl groups excluding tert-OH is 2. The van der Waals surface area contributed by atoms with Crippen molar-refractivity contribution in [3.63, 3.8) is 0 Å². The van der Waals surface area contributed by atoms with Crippen LogP contribution in [0, 0.1) is 17.3 Å². The van der Waals surface area contributed by atoms with E-state index in [2.05, 4.69) is 6.92 Å². The monoisotopic (exact) mass is 396 g/mol. The number of ketones is 2. The highest BCUT2D eigenvalue weighted by atomic mass is 16.4. The van der Waals surface area contributed by atoms with Crippen LogP contribution in [-0.4, -0.2) is 45.1 Å². The smallest absolute Gasteiger partial charge is 0.303 e. The van der Waals surface area contributed by atoms with Crippen molar-refractivity contribution < 1.29 is 29.7 Å². The fourth-order valence-electron chi connectivity index (χ4n) is 3.71. The molecule has 0 unspecified atom stereocenters. The summed E-state index contributed by atoms with van der Waals surface area (Å²) < 4.78 is 0. The van der Waals surface area contributed by atoms with Crippen LogP contribution in [-0.2, 0) is 14.4 Å². The minimum absolute atomic E-state index is 0.0291. The number of carboxylic acid groups (broad SMARTS) is 1. The maximum Gasteiger partial charge on any atom is 0.303 e. The number of carbonyl (C=O) groups is 3. The summed E-state index contributed by atoms with van der Waals surface area (Å²) in [6, 6.07) is 0. The van der Waals surface area contributed by atoms with E-state index < -0.39 is 30.0 Å². The first-order chi connectivity index (χ1) is 13.1. The Morgan fingerprint density at radius 3 is 2.46 bits per heavy atom. The van der Waals surface area contributed by atoms with Gasteiger partial charge in [-0.2, -0.15) is 0 Å². The lowest BCUT2D eigenvalue weighted by Crippen LogP contribution is -2.28. The molecule has 0 aromatic heterocycles. The summed E-state index contributed by atoms with van der Waals surface area (Å²) >= 11 is 0. The molecule has 28 heavy (non-hydrogen) atoms. The first kappa shape index (κ1) is 24.5. The van der Waals surface area contributed by atoms with E-state index >= 15 is 0 Å². The molecule has 0 amide bonds. The highest BCUT2D eigenvalue weighted by Gasteiger charge is 2.41. The van der Waals surface area contributed by atoms with E-state index in [1.54, 1.807) is 12.2 Å². The predicted octanol–water partition coefficient (Wildman–Crippen LogP) is 3.29. The molecule has 0 aliphatic heterocycles. The van der Waals surface area contributed by atoms with Gasteiger partial charge in [-0.25, -0.2) is 0 Å². The molecule has 6 heteroatoms. The van der Waals surface area contributed by atoms with Crippen LogP contribution >= 0.6 is 0 Å². The van der Waals surface area contributed by atoms with Gasteiger partial charge in [-0.3, -0.25) is 14.4 Å². The molecule has 0 aromatic rings. The largest absolute Gasteiger partial charge is 0.481 e. The van der Waals surface area contributed by atoms with Gasteiger partial charge in [0, 0.05) is 37.5 Å². The Labute approximate surface area is 168 Å². The van der Waals surface area contributed by atoms with Gasteiger partial charge in [-0.15, -0.1) is 0 Å². The number of carbonyl (C=O) groups excluding carboxylic acids is 2. The topological polar surface area (TPSA) is 112 Å². The van der Waals surface area contributed by atoms with Crippen LogP contribution in [0.2, 0.25) is 0 Å². The second-order valence-corrected chi connectivity index (χ2v) is 8.69. The minimum atomic E-state index is -0.882. The zero-order valence-corrected chi connectivity index (χ0v) is 17.4. The van der Waals surface area contributed by atoms with Crippen molar-refractivity contribution in [2.45, 2.75) is 90.8 Å². The van der Waals surface area contributed by atoms with Gasteiger partial charge in [0.25, 0.3) is 0 Å². The third kappa shape index (κ3) is 7.84. The molecular formula is C22H36O6. The Morgan fingerprint density at radius 1 is 1.21 bits per heavy atom. The lowest BCUT2D eigenvalue weighted by Gasteiger charge is -2.29. The van der Waals surface area contributed by atoms with Gasteiger partial charge in [-0.05, 0) is 24.7 Å². The number of Topliss-reactive ketones (excluding diaryl/α,β-unsaturated/α-hetero) is 2. The van der Waals surface area contributed by atoms with E-state index in [0.29, 0.717) is 12.8 Å². The van der Waals surface area contributed by atoms with Crippen molar-refractivity contribution in [2.75, 3.05) is 0 Å². The Bertz CT molecular complexity index is 565. The molecule has 3 N–H and O–H groups in total. The van der Waals surface area contributed by atoms with Crippen LogP contribution < -0.4 is 0 Å². The molecular weight excluding hydrogens is 360 g/mol. The minimum Gasteiger partial charge on any atom is -0.481 e. The molecule has 1 aliphatic carbocycles. The molecule has 6 nitrogen and oxygen atoms in total. The van der Waals surface area contributed by atoms with Crippen LogP contribution in [0.5, 0.6) is 0 Å². The Balaban J connectivity index is 2.66. The molecule has 160 valence electrons. The van der Waals surface area contributed by atoms with Gasteiger partial charge < -0.3 is 15.3 Å². The van der Waals surface area contributed by atoms with Crippen LogP contribution in [0.1, 0.15) is 78.6 Å². The van der Waals surface area contributed by atoms with Gasteiger partial charge in [-0.1, -0.05) is 45.8 Å². The highest BCUT2D eigenvalue weighted by molar-refractivity contribution is 5.90. The summed E-state index contributed by atoms with van der Waals surface area (Å²) in [5.74, 6) is -2.12. The van der Waals surface area contributed by atoms with Crippen molar-refractivity contribution in [3.8, 4) is 0 Å². The predicted molar refractivity (Wildman–Crippen MR) is 107 cm³/mol. The van der Waals surface area contributed by atoms with Crippen molar-refractivity contribution in [2.24, 2.45) is 17.3 Å². The van der Waals surface area contributed by atoms with Crippen molar-refractivity contribution in [3.05, 3.63) is 12.2 Å². The number of hydrogen-bond acceptors (Lipinski definition) is 5. The van der Waals surface area contributed by atoms with Crippen LogP contribution in [0.3, 0.4) is 0 Å². The summed E-state index contributed by atoms with van der Waals surface area (Å²) in [7, 11) is 0. The molecule has 1 fully saturated rings. The van der Waals surface area contributed by atoms with E-state index in [1.807, 2.05) is 13.8 Å². The molecule has 0 radical (unpaired) electrons. The number of hydrogen-bond donors (Lipinski definition) is 3. The van der Waals surface area contributed by atoms with Crippen molar-refractivity contribution in [1.82, 2.24) is 0 Å². The van der Waals surface area contributed by atoms with Crippen LogP contribution in [0.15, 0.2) is 12.2 Å². The fraction of sp³-hybridized carbons (Fsp3) is 0.773. The lowest BCUT2D eigenvalue weighted by molar-refractivity contribution is -0.137. The third-order valence-corrected chi connectivity index (χ3v) is 5.77. The Morgan fingerprint density at radius 2 is 1.86 bits per heavy atom. The molecule has 0 bridgehead atoms. The molecule has 0 saturated heterocycles. The number of unbranched alkanes of at least 4 members (excludes halogenated alkanes) is 2. The number of aliphatic hydroxyl groups is 2. The maximum absolute atomic E-state index is 12.2. The van der Waals surface area contributed by atoms with Gasteiger partial charge in [0.05, 0.1) is 12.2 Å². The first-order valence-electron chi connectivity index (χ1n) is 10.4. The zero-order chi connectivity index (χ0) is 21.3. The first-order valence-corrected chi connectivity index (χ1v) is 10.4. The molecule has 0 heterocycles. The van der Waals surface area contributed by atoms with Gasteiger partial charge in [0.1, 0.15) is 11.6 Å². The van der Waals surface area contributed by atoms with E-state index in [9.17, 15) is 24.6 Å². The normalized spacial score (nSPS) is 24.0. The SMILES string of the molecule is CCCCC(C)(C)[C@H](O)/C=C\[C@H]1[C@H](O)CC(=O)[C@@H]1CC(=O)CCCCC(=O)O. The second-order valence-electron chi connectivity index (χ2n) is 8.69. The van der Waals surface area contributed by atoms with E-state index in [0.717, 1.165) is 19.3 Å². The van der Waals surface area contributed by atoms with E-state index in [-0.39, 0.29) is 42.7 Å². The van der Waals surface area contributed by atoms with Crippen molar-refractivity contribution >= 4 is 17.5 Å².